The monoisotopic (exact) mass is 193 g/mol. The van der Waals surface area contributed by atoms with Gasteiger partial charge in [-0.25, -0.2) is 9.97 Å². The van der Waals surface area contributed by atoms with Crippen molar-refractivity contribution in [3.63, 3.8) is 0 Å². The number of rotatable bonds is 3. The molecule has 1 aliphatic carbocycles. The van der Waals surface area contributed by atoms with Crippen molar-refractivity contribution in [2.24, 2.45) is 5.73 Å². The molecule has 0 atom stereocenters. The SMILES string of the molecule is NC1(COc2ncccn2)CCCC1. The molecule has 76 valence electrons. The van der Waals surface area contributed by atoms with Crippen molar-refractivity contribution in [2.75, 3.05) is 6.61 Å². The highest BCUT2D eigenvalue weighted by molar-refractivity contribution is 4.96. The molecule has 1 heterocycles. The van der Waals surface area contributed by atoms with Crippen molar-refractivity contribution >= 4 is 0 Å². The molecule has 1 aliphatic rings. The maximum Gasteiger partial charge on any atom is 0.316 e. The highest BCUT2D eigenvalue weighted by Crippen LogP contribution is 2.27. The van der Waals surface area contributed by atoms with Crippen LogP contribution >= 0.6 is 0 Å². The number of ether oxygens (including phenoxy) is 1. The average molecular weight is 193 g/mol. The lowest BCUT2D eigenvalue weighted by atomic mass is 10.0. The molecule has 0 radical (unpaired) electrons. The first-order chi connectivity index (χ1) is 6.79. The summed E-state index contributed by atoms with van der Waals surface area (Å²) < 4.78 is 5.45. The lowest BCUT2D eigenvalue weighted by Crippen LogP contribution is -2.42. The number of nitrogens with two attached hydrogens (primary N) is 1. The normalized spacial score (nSPS) is 19.5. The summed E-state index contributed by atoms with van der Waals surface area (Å²) in [6.45, 7) is 0.525. The second kappa shape index (κ2) is 3.92. The van der Waals surface area contributed by atoms with Gasteiger partial charge in [0.25, 0.3) is 0 Å². The van der Waals surface area contributed by atoms with Gasteiger partial charge in [-0.05, 0) is 18.9 Å². The zero-order valence-electron chi connectivity index (χ0n) is 8.15. The van der Waals surface area contributed by atoms with Crippen LogP contribution in [0.15, 0.2) is 18.5 Å². The Balaban J connectivity index is 1.88. The van der Waals surface area contributed by atoms with E-state index in [1.54, 1.807) is 18.5 Å². The van der Waals surface area contributed by atoms with Crippen molar-refractivity contribution in [3.05, 3.63) is 18.5 Å². The van der Waals surface area contributed by atoms with Crippen LogP contribution in [0, 0.1) is 0 Å². The number of hydrogen-bond donors (Lipinski definition) is 1. The Morgan fingerprint density at radius 1 is 1.29 bits per heavy atom. The maximum atomic E-state index is 6.13. The van der Waals surface area contributed by atoms with Crippen LogP contribution < -0.4 is 10.5 Å². The van der Waals surface area contributed by atoms with E-state index in [1.807, 2.05) is 0 Å². The van der Waals surface area contributed by atoms with Gasteiger partial charge in [0.1, 0.15) is 6.61 Å². The van der Waals surface area contributed by atoms with Gasteiger partial charge >= 0.3 is 6.01 Å². The molecule has 4 nitrogen and oxygen atoms in total. The van der Waals surface area contributed by atoms with Gasteiger partial charge in [-0.15, -0.1) is 0 Å². The molecule has 0 aromatic carbocycles. The lowest BCUT2D eigenvalue weighted by Gasteiger charge is -2.22. The first-order valence-electron chi connectivity index (χ1n) is 4.97. The van der Waals surface area contributed by atoms with E-state index in [0.717, 1.165) is 12.8 Å². The highest BCUT2D eigenvalue weighted by atomic mass is 16.5. The van der Waals surface area contributed by atoms with E-state index in [-0.39, 0.29) is 5.54 Å². The molecule has 14 heavy (non-hydrogen) atoms. The summed E-state index contributed by atoms with van der Waals surface area (Å²) in [6.07, 6.45) is 7.82. The molecule has 2 N–H and O–H groups in total. The summed E-state index contributed by atoms with van der Waals surface area (Å²) in [7, 11) is 0. The maximum absolute atomic E-state index is 6.13. The summed E-state index contributed by atoms with van der Waals surface area (Å²) >= 11 is 0. The van der Waals surface area contributed by atoms with Gasteiger partial charge in [0.05, 0.1) is 5.54 Å². The van der Waals surface area contributed by atoms with Crippen molar-refractivity contribution in [1.29, 1.82) is 0 Å². The van der Waals surface area contributed by atoms with Crippen LogP contribution in [0.5, 0.6) is 6.01 Å². The fraction of sp³-hybridized carbons (Fsp3) is 0.600. The standard InChI is InChI=1S/C10H15N3O/c11-10(4-1-2-5-10)8-14-9-12-6-3-7-13-9/h3,6-7H,1-2,4-5,8,11H2. The van der Waals surface area contributed by atoms with Crippen molar-refractivity contribution < 1.29 is 4.74 Å². The summed E-state index contributed by atoms with van der Waals surface area (Å²) in [5.41, 5.74) is 5.97. The van der Waals surface area contributed by atoms with Crippen LogP contribution in [0.1, 0.15) is 25.7 Å². The summed E-state index contributed by atoms with van der Waals surface area (Å²) in [5.74, 6) is 0. The second-order valence-corrected chi connectivity index (χ2v) is 3.89. The van der Waals surface area contributed by atoms with Crippen LogP contribution in [0.2, 0.25) is 0 Å². The fourth-order valence-corrected chi connectivity index (χ4v) is 1.79. The Bertz CT molecular complexity index is 283. The third kappa shape index (κ3) is 2.20. The van der Waals surface area contributed by atoms with E-state index in [9.17, 15) is 0 Å². The quantitative estimate of drug-likeness (QED) is 0.781. The molecule has 0 aliphatic heterocycles. The van der Waals surface area contributed by atoms with E-state index in [1.165, 1.54) is 12.8 Å². The molecule has 1 saturated carbocycles. The smallest absolute Gasteiger partial charge is 0.316 e. The van der Waals surface area contributed by atoms with E-state index < -0.39 is 0 Å². The molecule has 1 aromatic heterocycles. The molecular weight excluding hydrogens is 178 g/mol. The van der Waals surface area contributed by atoms with Crippen LogP contribution in [0.3, 0.4) is 0 Å². The summed E-state index contributed by atoms with van der Waals surface area (Å²) in [4.78, 5) is 7.96. The second-order valence-electron chi connectivity index (χ2n) is 3.89. The predicted molar refractivity (Wildman–Crippen MR) is 52.9 cm³/mol. The van der Waals surface area contributed by atoms with Crippen LogP contribution in [0.25, 0.3) is 0 Å². The minimum atomic E-state index is -0.154. The molecule has 4 heteroatoms. The highest BCUT2D eigenvalue weighted by Gasteiger charge is 2.30. The molecule has 1 aromatic rings. The van der Waals surface area contributed by atoms with Gasteiger partial charge in [0, 0.05) is 12.4 Å². The Kier molecular flexibility index (Phi) is 2.63. The third-order valence-electron chi connectivity index (χ3n) is 2.63. The van der Waals surface area contributed by atoms with Crippen molar-refractivity contribution in [3.8, 4) is 6.01 Å². The Morgan fingerprint density at radius 2 is 1.93 bits per heavy atom. The van der Waals surface area contributed by atoms with E-state index >= 15 is 0 Å². The third-order valence-corrected chi connectivity index (χ3v) is 2.63. The molecule has 0 unspecified atom stereocenters. The molecular formula is C10H15N3O. The van der Waals surface area contributed by atoms with Gasteiger partial charge in [-0.1, -0.05) is 12.8 Å². The minimum Gasteiger partial charge on any atom is -0.462 e. The lowest BCUT2D eigenvalue weighted by molar-refractivity contribution is 0.206. The zero-order chi connectivity index (χ0) is 9.86. The molecule has 0 saturated heterocycles. The van der Waals surface area contributed by atoms with E-state index in [4.69, 9.17) is 10.5 Å². The molecule has 2 rings (SSSR count). The number of hydrogen-bond acceptors (Lipinski definition) is 4. The molecule has 0 bridgehead atoms. The molecule has 0 spiro atoms. The van der Waals surface area contributed by atoms with Gasteiger partial charge in [-0.3, -0.25) is 0 Å². The first kappa shape index (κ1) is 9.40. The van der Waals surface area contributed by atoms with Crippen LogP contribution in [0.4, 0.5) is 0 Å². The number of nitrogens with zero attached hydrogens (tertiary/aromatic N) is 2. The predicted octanol–water partition coefficient (Wildman–Crippen LogP) is 1.13. The van der Waals surface area contributed by atoms with E-state index in [2.05, 4.69) is 9.97 Å². The Labute approximate surface area is 83.5 Å². The minimum absolute atomic E-state index is 0.154. The van der Waals surface area contributed by atoms with Gasteiger partial charge in [0.2, 0.25) is 0 Å². The number of aromatic nitrogens is 2. The van der Waals surface area contributed by atoms with Crippen molar-refractivity contribution in [1.82, 2.24) is 9.97 Å². The summed E-state index contributed by atoms with van der Waals surface area (Å²) in [5, 5.41) is 0. The molecule has 0 amide bonds. The average Bonchev–Trinajstić information content (AvgIpc) is 2.65. The fourth-order valence-electron chi connectivity index (χ4n) is 1.79. The zero-order valence-corrected chi connectivity index (χ0v) is 8.15. The summed E-state index contributed by atoms with van der Waals surface area (Å²) in [6, 6.07) is 2.19. The Morgan fingerprint density at radius 3 is 2.57 bits per heavy atom. The molecule has 1 fully saturated rings. The van der Waals surface area contributed by atoms with Gasteiger partial charge in [-0.2, -0.15) is 0 Å². The Hall–Kier alpha value is -1.16. The van der Waals surface area contributed by atoms with E-state index in [0.29, 0.717) is 12.6 Å². The first-order valence-corrected chi connectivity index (χ1v) is 4.97. The van der Waals surface area contributed by atoms with Crippen LogP contribution in [-0.4, -0.2) is 22.1 Å². The van der Waals surface area contributed by atoms with Gasteiger partial charge in [0.15, 0.2) is 0 Å². The largest absolute Gasteiger partial charge is 0.462 e. The van der Waals surface area contributed by atoms with Gasteiger partial charge < -0.3 is 10.5 Å². The van der Waals surface area contributed by atoms with Crippen molar-refractivity contribution in [2.45, 2.75) is 31.2 Å². The van der Waals surface area contributed by atoms with Crippen LogP contribution in [-0.2, 0) is 0 Å². The topological polar surface area (TPSA) is 61.0 Å².